The smallest absolute Gasteiger partial charge is 0.167 e. The molecule has 0 bridgehead atoms. The van der Waals surface area contributed by atoms with E-state index in [9.17, 15) is 14.0 Å². The van der Waals surface area contributed by atoms with Crippen LogP contribution in [0.25, 0.3) is 0 Å². The Morgan fingerprint density at radius 1 is 1.48 bits per heavy atom. The lowest BCUT2D eigenvalue weighted by Crippen LogP contribution is -2.50. The van der Waals surface area contributed by atoms with Crippen LogP contribution in [-0.4, -0.2) is 18.2 Å². The monoisotopic (exact) mass is 294 g/mol. The lowest BCUT2D eigenvalue weighted by molar-refractivity contribution is 0.108. The van der Waals surface area contributed by atoms with Gasteiger partial charge in [-0.25, -0.2) is 8.78 Å². The second-order valence-electron chi connectivity index (χ2n) is 5.53. The first-order valence-corrected chi connectivity index (χ1v) is 7.36. The maximum atomic E-state index is 13.6. The standard InChI is InChI=1S/C16H20F2N2O/c1-2-8-20-16(11-19)7-3-4-13(10-16)21-15-6-5-12(17)9-14(15)18/h5-6,9,13,20H,2-4,7-8,10H2,1H3. The van der Waals surface area contributed by atoms with Gasteiger partial charge in [0.05, 0.1) is 6.07 Å². The van der Waals surface area contributed by atoms with Crippen molar-refractivity contribution in [1.82, 2.24) is 5.32 Å². The molecule has 1 aromatic rings. The summed E-state index contributed by atoms with van der Waals surface area (Å²) in [6.45, 7) is 2.81. The summed E-state index contributed by atoms with van der Waals surface area (Å²) in [5.41, 5.74) is -0.602. The van der Waals surface area contributed by atoms with E-state index in [-0.39, 0.29) is 11.9 Å². The number of nitriles is 1. The molecule has 1 fully saturated rings. The van der Waals surface area contributed by atoms with Gasteiger partial charge in [0.1, 0.15) is 17.5 Å². The van der Waals surface area contributed by atoms with Crippen molar-refractivity contribution < 1.29 is 13.5 Å². The maximum Gasteiger partial charge on any atom is 0.167 e. The first kappa shape index (κ1) is 15.7. The van der Waals surface area contributed by atoms with Crippen LogP contribution in [0.15, 0.2) is 18.2 Å². The predicted octanol–water partition coefficient (Wildman–Crippen LogP) is 3.55. The van der Waals surface area contributed by atoms with Crippen molar-refractivity contribution in [3.05, 3.63) is 29.8 Å². The summed E-state index contributed by atoms with van der Waals surface area (Å²) in [7, 11) is 0. The number of rotatable bonds is 5. The number of hydrogen-bond acceptors (Lipinski definition) is 3. The summed E-state index contributed by atoms with van der Waals surface area (Å²) < 4.78 is 32.2. The Hall–Kier alpha value is -1.67. The molecule has 2 unspecified atom stereocenters. The fourth-order valence-corrected chi connectivity index (χ4v) is 2.74. The van der Waals surface area contributed by atoms with Crippen molar-refractivity contribution in [3.63, 3.8) is 0 Å². The van der Waals surface area contributed by atoms with E-state index in [0.29, 0.717) is 6.42 Å². The van der Waals surface area contributed by atoms with Crippen molar-refractivity contribution in [2.75, 3.05) is 6.54 Å². The van der Waals surface area contributed by atoms with E-state index in [4.69, 9.17) is 4.74 Å². The molecular formula is C16H20F2N2O. The summed E-state index contributed by atoms with van der Waals surface area (Å²) >= 11 is 0. The maximum absolute atomic E-state index is 13.6. The zero-order valence-corrected chi connectivity index (χ0v) is 12.2. The van der Waals surface area contributed by atoms with Crippen molar-refractivity contribution in [2.24, 2.45) is 0 Å². The molecule has 0 heterocycles. The molecule has 1 saturated carbocycles. The van der Waals surface area contributed by atoms with E-state index in [1.165, 1.54) is 12.1 Å². The molecule has 0 spiro atoms. The molecule has 0 saturated heterocycles. The molecule has 1 N–H and O–H groups in total. The minimum absolute atomic E-state index is 0.0469. The van der Waals surface area contributed by atoms with Crippen LogP contribution < -0.4 is 10.1 Å². The summed E-state index contributed by atoms with van der Waals surface area (Å²) in [5, 5.41) is 12.7. The Morgan fingerprint density at radius 2 is 2.29 bits per heavy atom. The van der Waals surface area contributed by atoms with Crippen LogP contribution >= 0.6 is 0 Å². The minimum atomic E-state index is -0.704. The Labute approximate surface area is 123 Å². The topological polar surface area (TPSA) is 45.0 Å². The van der Waals surface area contributed by atoms with Gasteiger partial charge in [0, 0.05) is 12.5 Å². The average Bonchev–Trinajstić information content (AvgIpc) is 2.48. The van der Waals surface area contributed by atoms with Crippen LogP contribution in [-0.2, 0) is 0 Å². The van der Waals surface area contributed by atoms with Crippen LogP contribution in [0, 0.1) is 23.0 Å². The molecule has 0 aliphatic heterocycles. The van der Waals surface area contributed by atoms with Gasteiger partial charge in [-0.3, -0.25) is 5.32 Å². The number of halogens is 2. The summed E-state index contributed by atoms with van der Waals surface area (Å²) in [4.78, 5) is 0. The van der Waals surface area contributed by atoms with Crippen LogP contribution in [0.1, 0.15) is 39.0 Å². The zero-order chi connectivity index (χ0) is 15.3. The highest BCUT2D eigenvalue weighted by atomic mass is 19.1. The Kier molecular flexibility index (Phi) is 5.13. The van der Waals surface area contributed by atoms with Crippen molar-refractivity contribution >= 4 is 0 Å². The normalized spacial score (nSPS) is 25.3. The van der Waals surface area contributed by atoms with E-state index in [1.54, 1.807) is 0 Å². The van der Waals surface area contributed by atoms with Gasteiger partial charge in [0.15, 0.2) is 11.6 Å². The Balaban J connectivity index is 2.05. The van der Waals surface area contributed by atoms with Crippen molar-refractivity contribution in [3.8, 4) is 11.8 Å². The molecule has 1 aliphatic rings. The van der Waals surface area contributed by atoms with E-state index >= 15 is 0 Å². The quantitative estimate of drug-likeness (QED) is 0.903. The molecule has 21 heavy (non-hydrogen) atoms. The van der Waals surface area contributed by atoms with E-state index in [1.807, 2.05) is 6.92 Å². The molecule has 0 aromatic heterocycles. The molecular weight excluding hydrogens is 274 g/mol. The molecule has 114 valence electrons. The number of ether oxygens (including phenoxy) is 1. The van der Waals surface area contributed by atoms with Crippen LogP contribution in [0.3, 0.4) is 0 Å². The molecule has 0 radical (unpaired) electrons. The second kappa shape index (κ2) is 6.86. The lowest BCUT2D eigenvalue weighted by atomic mass is 9.81. The highest BCUT2D eigenvalue weighted by Crippen LogP contribution is 2.31. The highest BCUT2D eigenvalue weighted by Gasteiger charge is 2.37. The summed E-state index contributed by atoms with van der Waals surface area (Å²) in [6, 6.07) is 5.63. The molecule has 2 rings (SSSR count). The van der Waals surface area contributed by atoms with E-state index < -0.39 is 17.2 Å². The largest absolute Gasteiger partial charge is 0.487 e. The molecule has 3 nitrogen and oxygen atoms in total. The van der Waals surface area contributed by atoms with Gasteiger partial charge in [-0.05, 0) is 44.4 Å². The Morgan fingerprint density at radius 3 is 2.95 bits per heavy atom. The summed E-state index contributed by atoms with van der Waals surface area (Å²) in [6.07, 6.45) is 3.62. The fraction of sp³-hybridized carbons (Fsp3) is 0.562. The van der Waals surface area contributed by atoms with Gasteiger partial charge in [0.2, 0.25) is 0 Å². The lowest BCUT2D eigenvalue weighted by Gasteiger charge is -2.36. The minimum Gasteiger partial charge on any atom is -0.487 e. The fourth-order valence-electron chi connectivity index (χ4n) is 2.74. The molecule has 5 heteroatoms. The molecule has 1 aromatic carbocycles. The molecule has 0 amide bonds. The van der Waals surface area contributed by atoms with Gasteiger partial charge in [-0.2, -0.15) is 5.26 Å². The first-order chi connectivity index (χ1) is 10.1. The molecule has 1 aliphatic carbocycles. The first-order valence-electron chi connectivity index (χ1n) is 7.36. The van der Waals surface area contributed by atoms with Crippen molar-refractivity contribution in [1.29, 1.82) is 5.26 Å². The van der Waals surface area contributed by atoms with Crippen molar-refractivity contribution in [2.45, 2.75) is 50.7 Å². The SMILES string of the molecule is CCCNC1(C#N)CCCC(Oc2ccc(F)cc2F)C1. The van der Waals surface area contributed by atoms with Gasteiger partial charge >= 0.3 is 0 Å². The second-order valence-corrected chi connectivity index (χ2v) is 5.53. The highest BCUT2D eigenvalue weighted by molar-refractivity contribution is 5.25. The van der Waals surface area contributed by atoms with Crippen LogP contribution in [0.4, 0.5) is 8.78 Å². The van der Waals surface area contributed by atoms with Crippen LogP contribution in [0.2, 0.25) is 0 Å². The predicted molar refractivity (Wildman–Crippen MR) is 75.9 cm³/mol. The third kappa shape index (κ3) is 3.92. The van der Waals surface area contributed by atoms with Crippen LogP contribution in [0.5, 0.6) is 5.75 Å². The van der Waals surface area contributed by atoms with Gasteiger partial charge in [0.25, 0.3) is 0 Å². The number of nitrogens with one attached hydrogen (secondary N) is 1. The van der Waals surface area contributed by atoms with Gasteiger partial charge in [-0.1, -0.05) is 6.92 Å². The number of nitrogens with zero attached hydrogens (tertiary/aromatic N) is 1. The Bertz CT molecular complexity index is 529. The van der Waals surface area contributed by atoms with E-state index in [2.05, 4.69) is 11.4 Å². The zero-order valence-electron chi connectivity index (χ0n) is 12.2. The third-order valence-corrected chi connectivity index (χ3v) is 3.82. The molecule has 2 atom stereocenters. The number of hydrogen-bond donors (Lipinski definition) is 1. The van der Waals surface area contributed by atoms with Gasteiger partial charge in [-0.15, -0.1) is 0 Å². The average molecular weight is 294 g/mol. The summed E-state index contributed by atoms with van der Waals surface area (Å²) in [5.74, 6) is -1.28. The van der Waals surface area contributed by atoms with Gasteiger partial charge < -0.3 is 4.74 Å². The number of benzene rings is 1. The van der Waals surface area contributed by atoms with E-state index in [0.717, 1.165) is 38.3 Å². The third-order valence-electron chi connectivity index (χ3n) is 3.82.